The zero-order valence-corrected chi connectivity index (χ0v) is 14.2. The van der Waals surface area contributed by atoms with Crippen LogP contribution in [0.2, 0.25) is 0 Å². The molecule has 5 aromatic rings. The number of rotatable bonds is 0. The lowest BCUT2D eigenvalue weighted by molar-refractivity contribution is 0.645. The Kier molecular flexibility index (Phi) is 2.18. The lowest BCUT2D eigenvalue weighted by Gasteiger charge is -2.18. The van der Waals surface area contributed by atoms with Gasteiger partial charge in [-0.05, 0) is 35.9 Å². The van der Waals surface area contributed by atoms with E-state index in [1.807, 2.05) is 18.5 Å². The minimum absolute atomic E-state index is 0.0158. The highest BCUT2D eigenvalue weighted by Gasteiger charge is 2.37. The third kappa shape index (κ3) is 1.49. The second kappa shape index (κ2) is 4.12. The molecule has 25 heavy (non-hydrogen) atoms. The number of pyridine rings is 1. The van der Waals surface area contributed by atoms with Gasteiger partial charge >= 0.3 is 0 Å². The summed E-state index contributed by atoms with van der Waals surface area (Å²) in [6.07, 6.45) is 3.79. The molecular formula is C22H17N3. The molecule has 3 heteroatoms. The van der Waals surface area contributed by atoms with E-state index < -0.39 is 0 Å². The number of fused-ring (bicyclic) bond motifs is 8. The zero-order chi connectivity index (χ0) is 16.8. The van der Waals surface area contributed by atoms with Crippen molar-refractivity contribution in [2.75, 3.05) is 0 Å². The third-order valence-electron chi connectivity index (χ3n) is 5.78. The van der Waals surface area contributed by atoms with Crippen LogP contribution in [-0.4, -0.2) is 14.5 Å². The van der Waals surface area contributed by atoms with Crippen LogP contribution in [0, 0.1) is 0 Å². The molecule has 6 rings (SSSR count). The lowest BCUT2D eigenvalue weighted by Crippen LogP contribution is -2.15. The molecule has 3 aromatic heterocycles. The zero-order valence-electron chi connectivity index (χ0n) is 14.2. The van der Waals surface area contributed by atoms with E-state index in [9.17, 15) is 0 Å². The maximum absolute atomic E-state index is 4.31. The lowest BCUT2D eigenvalue weighted by atomic mass is 9.83. The monoisotopic (exact) mass is 323 g/mol. The fourth-order valence-electron chi connectivity index (χ4n) is 4.48. The molecule has 1 aliphatic rings. The van der Waals surface area contributed by atoms with Crippen LogP contribution in [0.3, 0.4) is 0 Å². The first-order valence-corrected chi connectivity index (χ1v) is 8.66. The Labute approximate surface area is 144 Å². The van der Waals surface area contributed by atoms with Gasteiger partial charge in [0.25, 0.3) is 0 Å². The van der Waals surface area contributed by atoms with Crippen molar-refractivity contribution in [1.29, 1.82) is 0 Å². The number of nitrogens with one attached hydrogen (secondary N) is 1. The van der Waals surface area contributed by atoms with Gasteiger partial charge in [-0.15, -0.1) is 0 Å². The summed E-state index contributed by atoms with van der Waals surface area (Å²) < 4.78 is 2.43. The van der Waals surface area contributed by atoms with Gasteiger partial charge in [0.15, 0.2) is 0 Å². The standard InChI is InChI=1S/C22H17N3/c1-22(2)16-11-18-14(15-12-23-8-7-17(15)24-18)10-20(16)25-19-6-4-3-5-13(19)9-21(22)25/h3-12,24H,1-2H3. The number of benzene rings is 2. The van der Waals surface area contributed by atoms with Crippen molar-refractivity contribution >= 4 is 32.7 Å². The van der Waals surface area contributed by atoms with Crippen LogP contribution in [-0.2, 0) is 5.41 Å². The molecule has 0 unspecified atom stereocenters. The fourth-order valence-corrected chi connectivity index (χ4v) is 4.48. The Balaban J connectivity index is 1.81. The van der Waals surface area contributed by atoms with Crippen LogP contribution in [0.4, 0.5) is 0 Å². The second-order valence-electron chi connectivity index (χ2n) is 7.51. The first kappa shape index (κ1) is 13.2. The summed E-state index contributed by atoms with van der Waals surface area (Å²) in [5.41, 5.74) is 7.62. The molecule has 120 valence electrons. The number of para-hydroxylation sites is 1. The van der Waals surface area contributed by atoms with Crippen molar-refractivity contribution in [3.8, 4) is 5.69 Å². The summed E-state index contributed by atoms with van der Waals surface area (Å²) in [5.74, 6) is 0. The average molecular weight is 323 g/mol. The third-order valence-corrected chi connectivity index (χ3v) is 5.78. The molecule has 4 heterocycles. The molecule has 0 bridgehead atoms. The molecule has 0 aliphatic carbocycles. The highest BCUT2D eigenvalue weighted by Crippen LogP contribution is 2.47. The van der Waals surface area contributed by atoms with E-state index in [0.29, 0.717) is 0 Å². The molecule has 0 spiro atoms. The first-order chi connectivity index (χ1) is 12.1. The van der Waals surface area contributed by atoms with Gasteiger partial charge in [-0.25, -0.2) is 0 Å². The van der Waals surface area contributed by atoms with Gasteiger partial charge in [0.2, 0.25) is 0 Å². The number of H-pyrrole nitrogens is 1. The summed E-state index contributed by atoms with van der Waals surface area (Å²) in [7, 11) is 0. The molecule has 3 nitrogen and oxygen atoms in total. The Hall–Kier alpha value is -3.07. The SMILES string of the molecule is CC1(C)c2cc3[nH]c4ccncc4c3cc2-n2c1cc1ccccc12. The number of aromatic amines is 1. The molecule has 1 N–H and O–H groups in total. The van der Waals surface area contributed by atoms with Gasteiger partial charge in [0.1, 0.15) is 0 Å². The van der Waals surface area contributed by atoms with Crippen LogP contribution in [0.15, 0.2) is 60.9 Å². The van der Waals surface area contributed by atoms with E-state index >= 15 is 0 Å². The molecule has 1 aliphatic heterocycles. The van der Waals surface area contributed by atoms with Crippen molar-refractivity contribution in [2.45, 2.75) is 19.3 Å². The van der Waals surface area contributed by atoms with E-state index in [1.54, 1.807) is 0 Å². The number of hydrogen-bond donors (Lipinski definition) is 1. The van der Waals surface area contributed by atoms with Crippen LogP contribution in [0.25, 0.3) is 38.4 Å². The van der Waals surface area contributed by atoms with Crippen LogP contribution < -0.4 is 0 Å². The molecule has 2 aromatic carbocycles. The van der Waals surface area contributed by atoms with Crippen molar-refractivity contribution < 1.29 is 0 Å². The van der Waals surface area contributed by atoms with Gasteiger partial charge in [-0.1, -0.05) is 32.0 Å². The normalized spacial score (nSPS) is 15.1. The minimum Gasteiger partial charge on any atom is -0.354 e. The fraction of sp³-hybridized carbons (Fsp3) is 0.136. The highest BCUT2D eigenvalue weighted by molar-refractivity contribution is 6.08. The molecule has 0 saturated carbocycles. The van der Waals surface area contributed by atoms with Crippen LogP contribution in [0.1, 0.15) is 25.1 Å². The molecular weight excluding hydrogens is 306 g/mol. The van der Waals surface area contributed by atoms with Gasteiger partial charge in [-0.3, -0.25) is 4.98 Å². The van der Waals surface area contributed by atoms with E-state index in [-0.39, 0.29) is 5.41 Å². The van der Waals surface area contributed by atoms with Crippen molar-refractivity contribution in [2.24, 2.45) is 0 Å². The van der Waals surface area contributed by atoms with E-state index in [0.717, 1.165) is 5.52 Å². The summed E-state index contributed by atoms with van der Waals surface area (Å²) in [6.45, 7) is 4.64. The number of aromatic nitrogens is 3. The molecule has 0 radical (unpaired) electrons. The van der Waals surface area contributed by atoms with Crippen molar-refractivity contribution in [3.63, 3.8) is 0 Å². The van der Waals surface area contributed by atoms with E-state index in [1.165, 1.54) is 44.1 Å². The maximum atomic E-state index is 4.31. The van der Waals surface area contributed by atoms with Crippen molar-refractivity contribution in [3.05, 3.63) is 72.2 Å². The largest absolute Gasteiger partial charge is 0.354 e. The summed E-state index contributed by atoms with van der Waals surface area (Å²) in [6, 6.07) is 17.7. The van der Waals surface area contributed by atoms with Gasteiger partial charge < -0.3 is 9.55 Å². The number of nitrogens with zero attached hydrogens (tertiary/aromatic N) is 2. The topological polar surface area (TPSA) is 33.6 Å². The summed E-state index contributed by atoms with van der Waals surface area (Å²) in [4.78, 5) is 7.87. The molecule has 0 atom stereocenters. The van der Waals surface area contributed by atoms with E-state index in [4.69, 9.17) is 0 Å². The number of hydrogen-bond acceptors (Lipinski definition) is 1. The summed E-state index contributed by atoms with van der Waals surface area (Å²) in [5, 5.41) is 3.73. The van der Waals surface area contributed by atoms with Gasteiger partial charge in [-0.2, -0.15) is 0 Å². The molecule has 0 amide bonds. The Morgan fingerprint density at radius 1 is 0.960 bits per heavy atom. The Bertz CT molecular complexity index is 1320. The Morgan fingerprint density at radius 3 is 2.76 bits per heavy atom. The highest BCUT2D eigenvalue weighted by atomic mass is 15.0. The molecule has 0 fully saturated rings. The molecule has 0 saturated heterocycles. The second-order valence-corrected chi connectivity index (χ2v) is 7.51. The smallest absolute Gasteiger partial charge is 0.0531 e. The quantitative estimate of drug-likeness (QED) is 0.412. The van der Waals surface area contributed by atoms with Crippen LogP contribution in [0.5, 0.6) is 0 Å². The van der Waals surface area contributed by atoms with Gasteiger partial charge in [0, 0.05) is 50.7 Å². The van der Waals surface area contributed by atoms with E-state index in [2.05, 4.69) is 70.8 Å². The Morgan fingerprint density at radius 2 is 1.84 bits per heavy atom. The minimum atomic E-state index is -0.0158. The maximum Gasteiger partial charge on any atom is 0.0531 e. The predicted molar refractivity (Wildman–Crippen MR) is 103 cm³/mol. The first-order valence-electron chi connectivity index (χ1n) is 8.66. The van der Waals surface area contributed by atoms with Gasteiger partial charge in [0.05, 0.1) is 11.2 Å². The summed E-state index contributed by atoms with van der Waals surface area (Å²) >= 11 is 0. The average Bonchev–Trinajstić information content (AvgIpc) is 3.24. The van der Waals surface area contributed by atoms with Crippen molar-refractivity contribution in [1.82, 2.24) is 14.5 Å². The predicted octanol–water partition coefficient (Wildman–Crippen LogP) is 5.30. The van der Waals surface area contributed by atoms with Crippen LogP contribution >= 0.6 is 0 Å².